The summed E-state index contributed by atoms with van der Waals surface area (Å²) in [5.74, 6) is 1.10. The number of nitrogens with one attached hydrogen (secondary N) is 1. The highest BCUT2D eigenvalue weighted by atomic mass is 32.2. The average Bonchev–Trinajstić information content (AvgIpc) is 2.47. The Morgan fingerprint density at radius 1 is 1.21 bits per heavy atom. The maximum Gasteiger partial charge on any atom is 0.159 e. The van der Waals surface area contributed by atoms with E-state index in [1.54, 1.807) is 0 Å². The zero-order valence-corrected chi connectivity index (χ0v) is 11.9. The number of benzene rings is 1. The quantitative estimate of drug-likeness (QED) is 0.901. The lowest BCUT2D eigenvalue weighted by Gasteiger charge is -2.41. The Kier molecular flexibility index (Phi) is 4.09. The van der Waals surface area contributed by atoms with Gasteiger partial charge in [0.05, 0.1) is 6.54 Å². The summed E-state index contributed by atoms with van der Waals surface area (Å²) in [5.41, 5.74) is 1.13. The van der Waals surface area contributed by atoms with Crippen LogP contribution in [0.15, 0.2) is 35.3 Å². The molecule has 4 heteroatoms. The van der Waals surface area contributed by atoms with E-state index in [9.17, 15) is 0 Å². The molecule has 2 aliphatic rings. The number of thioether (sulfide) groups is 1. The molecule has 19 heavy (non-hydrogen) atoms. The first-order chi connectivity index (χ1) is 9.36. The Hall–Kier alpha value is -1.00. The van der Waals surface area contributed by atoms with Crippen LogP contribution in [0.25, 0.3) is 0 Å². The SMILES string of the molecule is c1ccc(CN=C2N[C@@]3(CCCCO3)CCS2)cc1. The molecule has 1 aromatic carbocycles. The normalized spacial score (nSPS) is 29.4. The predicted molar refractivity (Wildman–Crippen MR) is 80.3 cm³/mol. The first-order valence-corrected chi connectivity index (χ1v) is 7.98. The zero-order chi connectivity index (χ0) is 13.0. The fourth-order valence-corrected chi connectivity index (χ4v) is 3.62. The second-order valence-corrected chi connectivity index (χ2v) is 6.21. The van der Waals surface area contributed by atoms with Gasteiger partial charge in [-0.15, -0.1) is 0 Å². The monoisotopic (exact) mass is 276 g/mol. The fourth-order valence-electron chi connectivity index (χ4n) is 2.59. The minimum Gasteiger partial charge on any atom is -0.356 e. The van der Waals surface area contributed by atoms with Gasteiger partial charge < -0.3 is 10.1 Å². The molecule has 0 saturated carbocycles. The lowest BCUT2D eigenvalue weighted by molar-refractivity contribution is -0.0910. The minimum absolute atomic E-state index is 0.126. The van der Waals surface area contributed by atoms with Gasteiger partial charge >= 0.3 is 0 Å². The second kappa shape index (κ2) is 5.97. The average molecular weight is 276 g/mol. The van der Waals surface area contributed by atoms with Crippen LogP contribution in [0, 0.1) is 0 Å². The molecule has 0 amide bonds. The topological polar surface area (TPSA) is 33.6 Å². The molecule has 1 aromatic rings. The summed E-state index contributed by atoms with van der Waals surface area (Å²) >= 11 is 1.81. The summed E-state index contributed by atoms with van der Waals surface area (Å²) in [7, 11) is 0. The van der Waals surface area contributed by atoms with Crippen LogP contribution in [0.1, 0.15) is 31.2 Å². The first kappa shape index (κ1) is 13.0. The number of aliphatic imine (C=N–C) groups is 1. The van der Waals surface area contributed by atoms with Crippen molar-refractivity contribution in [2.45, 2.75) is 38.0 Å². The van der Waals surface area contributed by atoms with Gasteiger partial charge in [-0.3, -0.25) is 4.99 Å². The van der Waals surface area contributed by atoms with E-state index in [2.05, 4.69) is 29.6 Å². The van der Waals surface area contributed by atoms with Crippen LogP contribution in [0.2, 0.25) is 0 Å². The van der Waals surface area contributed by atoms with Gasteiger partial charge in [-0.1, -0.05) is 42.1 Å². The number of nitrogens with zero attached hydrogens (tertiary/aromatic N) is 1. The third-order valence-electron chi connectivity index (χ3n) is 3.68. The van der Waals surface area contributed by atoms with Gasteiger partial charge in [-0.25, -0.2) is 0 Å². The third-order valence-corrected chi connectivity index (χ3v) is 4.59. The molecule has 2 heterocycles. The van der Waals surface area contributed by atoms with Gasteiger partial charge in [0, 0.05) is 18.8 Å². The number of amidine groups is 1. The standard InChI is InChI=1S/C15H20N2OS/c1-2-6-13(7-3-1)12-16-14-17-15(9-11-19-14)8-4-5-10-18-15/h1-3,6-7H,4-5,8-12H2,(H,16,17)/t15-/m1/s1. The maximum atomic E-state index is 5.98. The van der Waals surface area contributed by atoms with Crippen molar-refractivity contribution in [2.75, 3.05) is 12.4 Å². The van der Waals surface area contributed by atoms with Gasteiger partial charge in [0.25, 0.3) is 0 Å². The van der Waals surface area contributed by atoms with E-state index in [4.69, 9.17) is 9.73 Å². The largest absolute Gasteiger partial charge is 0.356 e. The third kappa shape index (κ3) is 3.31. The molecule has 0 aromatic heterocycles. The van der Waals surface area contributed by atoms with Crippen LogP contribution in [-0.2, 0) is 11.3 Å². The van der Waals surface area contributed by atoms with Gasteiger partial charge in [0.1, 0.15) is 5.72 Å². The van der Waals surface area contributed by atoms with Crippen LogP contribution in [0.5, 0.6) is 0 Å². The van der Waals surface area contributed by atoms with Crippen molar-refractivity contribution in [3.8, 4) is 0 Å². The molecular formula is C15H20N2OS. The maximum absolute atomic E-state index is 5.98. The number of hydrogen-bond donors (Lipinski definition) is 1. The van der Waals surface area contributed by atoms with Gasteiger partial charge in [-0.05, 0) is 24.8 Å². The fraction of sp³-hybridized carbons (Fsp3) is 0.533. The first-order valence-electron chi connectivity index (χ1n) is 7.00. The van der Waals surface area contributed by atoms with Crippen molar-refractivity contribution in [3.05, 3.63) is 35.9 Å². The highest BCUT2D eigenvalue weighted by molar-refractivity contribution is 8.13. The molecule has 0 radical (unpaired) electrons. The van der Waals surface area contributed by atoms with E-state index in [0.29, 0.717) is 0 Å². The van der Waals surface area contributed by atoms with Gasteiger partial charge in [0.15, 0.2) is 5.17 Å². The smallest absolute Gasteiger partial charge is 0.159 e. The van der Waals surface area contributed by atoms with Crippen LogP contribution in [0.3, 0.4) is 0 Å². The molecule has 0 aliphatic carbocycles. The summed E-state index contributed by atoms with van der Waals surface area (Å²) in [4.78, 5) is 4.69. The molecule has 0 unspecified atom stereocenters. The lowest BCUT2D eigenvalue weighted by atomic mass is 10.00. The van der Waals surface area contributed by atoms with Crippen molar-refractivity contribution < 1.29 is 4.74 Å². The van der Waals surface area contributed by atoms with E-state index in [1.807, 2.05) is 17.8 Å². The van der Waals surface area contributed by atoms with Crippen LogP contribution >= 0.6 is 11.8 Å². The summed E-state index contributed by atoms with van der Waals surface area (Å²) in [6.45, 7) is 1.62. The summed E-state index contributed by atoms with van der Waals surface area (Å²) < 4.78 is 5.98. The zero-order valence-electron chi connectivity index (χ0n) is 11.1. The summed E-state index contributed by atoms with van der Waals surface area (Å²) in [6.07, 6.45) is 4.64. The van der Waals surface area contributed by atoms with E-state index < -0.39 is 0 Å². The van der Waals surface area contributed by atoms with E-state index in [0.717, 1.165) is 36.9 Å². The van der Waals surface area contributed by atoms with Crippen molar-refractivity contribution in [1.82, 2.24) is 5.32 Å². The van der Waals surface area contributed by atoms with Crippen molar-refractivity contribution in [2.24, 2.45) is 4.99 Å². The van der Waals surface area contributed by atoms with Crippen LogP contribution in [0.4, 0.5) is 0 Å². The minimum atomic E-state index is -0.126. The molecule has 0 bridgehead atoms. The predicted octanol–water partition coefficient (Wildman–Crippen LogP) is 3.17. The molecule has 102 valence electrons. The number of ether oxygens (including phenoxy) is 1. The van der Waals surface area contributed by atoms with Crippen LogP contribution < -0.4 is 5.32 Å². The number of hydrogen-bond acceptors (Lipinski definition) is 3. The molecule has 2 aliphatic heterocycles. The molecule has 1 N–H and O–H groups in total. The van der Waals surface area contributed by atoms with E-state index in [-0.39, 0.29) is 5.72 Å². The van der Waals surface area contributed by atoms with Crippen LogP contribution in [-0.4, -0.2) is 23.3 Å². The van der Waals surface area contributed by atoms with Gasteiger partial charge in [-0.2, -0.15) is 0 Å². The van der Waals surface area contributed by atoms with Crippen molar-refractivity contribution in [3.63, 3.8) is 0 Å². The Bertz CT molecular complexity index is 435. The Morgan fingerprint density at radius 3 is 2.89 bits per heavy atom. The molecular weight excluding hydrogens is 256 g/mol. The molecule has 1 spiro atoms. The molecule has 1 atom stereocenters. The molecule has 3 nitrogen and oxygen atoms in total. The highest BCUT2D eigenvalue weighted by Gasteiger charge is 2.36. The number of rotatable bonds is 2. The summed E-state index contributed by atoms with van der Waals surface area (Å²) in [5, 5.41) is 4.57. The Labute approximate surface area is 118 Å². The molecule has 3 rings (SSSR count). The Balaban J connectivity index is 1.64. The van der Waals surface area contributed by atoms with Crippen molar-refractivity contribution in [1.29, 1.82) is 0 Å². The summed E-state index contributed by atoms with van der Waals surface area (Å²) in [6, 6.07) is 10.4. The molecule has 2 fully saturated rings. The van der Waals surface area contributed by atoms with E-state index >= 15 is 0 Å². The van der Waals surface area contributed by atoms with E-state index in [1.165, 1.54) is 18.4 Å². The molecule has 2 saturated heterocycles. The van der Waals surface area contributed by atoms with Crippen molar-refractivity contribution >= 4 is 16.9 Å². The van der Waals surface area contributed by atoms with Gasteiger partial charge in [0.2, 0.25) is 0 Å². The Morgan fingerprint density at radius 2 is 2.11 bits per heavy atom. The highest BCUT2D eigenvalue weighted by Crippen LogP contribution is 2.31. The second-order valence-electron chi connectivity index (χ2n) is 5.13. The lowest BCUT2D eigenvalue weighted by Crippen LogP contribution is -2.54.